The van der Waals surface area contributed by atoms with E-state index in [9.17, 15) is 14.7 Å². The molecule has 49 heavy (non-hydrogen) atoms. The number of carboxylic acid groups (broad SMARTS) is 1. The number of para-hydroxylation sites is 1. The molecule has 1 N–H and O–H groups in total. The number of carbonyl (C=O) groups excluding carboxylic acids is 1. The second kappa shape index (κ2) is 13.3. The lowest BCUT2D eigenvalue weighted by molar-refractivity contribution is -0.0561. The largest absolute Gasteiger partial charge is 0.481 e. The number of fused-ring (bicyclic) bond motifs is 2. The first-order valence-electron chi connectivity index (χ1n) is 17.4. The van der Waals surface area contributed by atoms with Crippen molar-refractivity contribution in [1.29, 1.82) is 0 Å². The van der Waals surface area contributed by atoms with Gasteiger partial charge in [0.1, 0.15) is 23.5 Å². The summed E-state index contributed by atoms with van der Waals surface area (Å²) in [6.07, 6.45) is 8.32. The fourth-order valence-electron chi connectivity index (χ4n) is 7.57. The van der Waals surface area contributed by atoms with Crippen molar-refractivity contribution in [3.05, 3.63) is 100 Å². The third-order valence-electron chi connectivity index (χ3n) is 10.7. The first-order chi connectivity index (χ1) is 23.9. The summed E-state index contributed by atoms with van der Waals surface area (Å²) in [5, 5.41) is 9.69. The van der Waals surface area contributed by atoms with Crippen LogP contribution >= 0.6 is 0 Å². The van der Waals surface area contributed by atoms with Gasteiger partial charge in [-0.05, 0) is 92.6 Å². The summed E-state index contributed by atoms with van der Waals surface area (Å²) < 4.78 is 30.0. The molecule has 8 rings (SSSR count). The van der Waals surface area contributed by atoms with Crippen molar-refractivity contribution in [1.82, 2.24) is 14.5 Å². The van der Waals surface area contributed by atoms with Gasteiger partial charge in [0.25, 0.3) is 0 Å². The van der Waals surface area contributed by atoms with Gasteiger partial charge in [-0.3, -0.25) is 9.69 Å². The zero-order valence-electron chi connectivity index (χ0n) is 27.6. The van der Waals surface area contributed by atoms with E-state index in [1.165, 1.54) is 6.07 Å². The molecule has 2 unspecified atom stereocenters. The number of ketones is 1. The summed E-state index contributed by atoms with van der Waals surface area (Å²) in [6, 6.07) is 16.2. The Hall–Kier alpha value is -4.12. The maximum absolute atomic E-state index is 15.3. The number of halogens is 1. The molecule has 3 fully saturated rings. The second-order valence-corrected chi connectivity index (χ2v) is 15.1. The van der Waals surface area contributed by atoms with Crippen molar-refractivity contribution in [2.75, 3.05) is 19.7 Å². The lowest BCUT2D eigenvalue weighted by atomic mass is 9.87. The molecule has 3 aromatic carbocycles. The highest BCUT2D eigenvalue weighted by Gasteiger charge is 2.33. The van der Waals surface area contributed by atoms with Gasteiger partial charge < -0.3 is 19.1 Å². The van der Waals surface area contributed by atoms with Crippen molar-refractivity contribution in [2.24, 2.45) is 5.92 Å². The fraction of sp³-hybridized carbons (Fsp3) is 0.410. The van der Waals surface area contributed by atoms with E-state index in [0.29, 0.717) is 38.7 Å². The molecule has 3 atom stereocenters. The number of benzene rings is 3. The molecule has 2 saturated heterocycles. The molecule has 3 aliphatic heterocycles. The van der Waals surface area contributed by atoms with Gasteiger partial charge in [-0.15, -0.1) is 0 Å². The molecule has 8 nitrogen and oxygen atoms in total. The zero-order valence-corrected chi connectivity index (χ0v) is 28.6. The van der Waals surface area contributed by atoms with Crippen LogP contribution in [0.1, 0.15) is 87.4 Å². The number of carboxylic acids is 1. The molecular formula is C39H40FN3O5Si. The summed E-state index contributed by atoms with van der Waals surface area (Å²) in [7, 11) is 0.708. The Morgan fingerprint density at radius 1 is 1.02 bits per heavy atom. The Bertz CT molecular complexity index is 1940. The number of hydrogen-bond donors (Lipinski definition) is 1. The summed E-state index contributed by atoms with van der Waals surface area (Å²) in [4.78, 5) is 31.8. The highest BCUT2D eigenvalue weighted by atomic mass is 28.2. The molecule has 10 heteroatoms. The molecule has 1 aliphatic carbocycles. The van der Waals surface area contributed by atoms with Gasteiger partial charge in [0, 0.05) is 45.3 Å². The monoisotopic (exact) mass is 677 g/mol. The van der Waals surface area contributed by atoms with Crippen LogP contribution in [0.3, 0.4) is 0 Å². The van der Waals surface area contributed by atoms with Crippen LogP contribution in [0, 0.1) is 11.7 Å². The van der Waals surface area contributed by atoms with Crippen molar-refractivity contribution in [3.63, 3.8) is 0 Å². The first-order valence-corrected chi connectivity index (χ1v) is 19.0. The van der Waals surface area contributed by atoms with Gasteiger partial charge in [0.15, 0.2) is 5.78 Å². The molecule has 0 bridgehead atoms. The minimum absolute atomic E-state index is 0.0304. The zero-order chi connectivity index (χ0) is 33.6. The van der Waals surface area contributed by atoms with E-state index in [2.05, 4.69) is 28.1 Å². The maximum atomic E-state index is 15.3. The smallest absolute Gasteiger partial charge is 0.335 e. The summed E-state index contributed by atoms with van der Waals surface area (Å²) in [6.45, 7) is 6.22. The molecule has 252 valence electrons. The molecule has 1 aromatic heterocycles. The standard InChI is InChI=1S/C39H40FN3O5Si/c1-49-35(34-15-18-47-34)21-43-32-20-27(39(45)46)8-11-31(32)41-36(43)22-42-16-13-23(14-17-42)28-4-2-3-25-9-12-33(48-38(25)28)29-10-7-26(19-30(29)40)37(44)24-5-6-24/h2-4,7-12,19-20,23-24,33-35H,5-6,13-18,21-22H2,1H3,(H,45,46)/t33-,34?,35?/m0/s1. The predicted molar refractivity (Wildman–Crippen MR) is 186 cm³/mol. The van der Waals surface area contributed by atoms with Crippen LogP contribution in [0.5, 0.6) is 5.75 Å². The maximum Gasteiger partial charge on any atom is 0.335 e. The average Bonchev–Trinajstić information content (AvgIpc) is 3.89. The van der Waals surface area contributed by atoms with Crippen molar-refractivity contribution in [3.8, 4) is 5.75 Å². The third-order valence-corrected chi connectivity index (χ3v) is 12.0. The summed E-state index contributed by atoms with van der Waals surface area (Å²) in [5.41, 5.74) is 5.33. The van der Waals surface area contributed by atoms with Gasteiger partial charge >= 0.3 is 5.97 Å². The van der Waals surface area contributed by atoms with Crippen LogP contribution in [0.25, 0.3) is 17.1 Å². The van der Waals surface area contributed by atoms with Gasteiger partial charge in [-0.1, -0.05) is 43.0 Å². The lowest BCUT2D eigenvalue weighted by Crippen LogP contribution is -2.36. The highest BCUT2D eigenvalue weighted by Crippen LogP contribution is 2.42. The van der Waals surface area contributed by atoms with Crippen molar-refractivity contribution < 1.29 is 28.6 Å². The van der Waals surface area contributed by atoms with Crippen molar-refractivity contribution in [2.45, 2.75) is 75.4 Å². The van der Waals surface area contributed by atoms with Crippen molar-refractivity contribution >= 4 is 38.4 Å². The third kappa shape index (κ3) is 6.37. The number of imidazole rings is 1. The van der Waals surface area contributed by atoms with E-state index in [1.54, 1.807) is 24.3 Å². The van der Waals surface area contributed by atoms with E-state index in [1.807, 2.05) is 24.3 Å². The lowest BCUT2D eigenvalue weighted by Gasteiger charge is -2.35. The second-order valence-electron chi connectivity index (χ2n) is 13.8. The average molecular weight is 678 g/mol. The number of aromatic carboxylic acids is 1. The van der Waals surface area contributed by atoms with Crippen LogP contribution in [-0.4, -0.2) is 66.6 Å². The number of likely N-dealkylation sites (tertiary alicyclic amines) is 1. The fourth-order valence-corrected chi connectivity index (χ4v) is 8.57. The number of carbonyl (C=O) groups is 2. The van der Waals surface area contributed by atoms with Crippen LogP contribution in [0.4, 0.5) is 4.39 Å². The molecular weight excluding hydrogens is 638 g/mol. The quantitative estimate of drug-likeness (QED) is 0.131. The summed E-state index contributed by atoms with van der Waals surface area (Å²) >= 11 is 0. The first kappa shape index (κ1) is 32.1. The molecule has 2 radical (unpaired) electrons. The van der Waals surface area contributed by atoms with E-state index < -0.39 is 17.9 Å². The number of nitrogens with zero attached hydrogens (tertiary/aromatic N) is 3. The van der Waals surface area contributed by atoms with E-state index in [-0.39, 0.29) is 23.4 Å². The Morgan fingerprint density at radius 2 is 1.82 bits per heavy atom. The Morgan fingerprint density at radius 3 is 2.51 bits per heavy atom. The highest BCUT2D eigenvalue weighted by molar-refractivity contribution is 6.36. The van der Waals surface area contributed by atoms with Crippen LogP contribution in [0.2, 0.25) is 12.1 Å². The minimum atomic E-state index is -0.938. The summed E-state index contributed by atoms with van der Waals surface area (Å²) in [5.74, 6) is 0.790. The number of aromatic nitrogens is 2. The van der Waals surface area contributed by atoms with E-state index >= 15 is 4.39 Å². The normalized spacial score (nSPS) is 21.6. The number of piperidine rings is 1. The van der Waals surface area contributed by atoms with Crippen LogP contribution < -0.4 is 4.74 Å². The predicted octanol–water partition coefficient (Wildman–Crippen LogP) is 7.32. The molecule has 0 amide bonds. The van der Waals surface area contributed by atoms with Gasteiger partial charge in [0.05, 0.1) is 29.2 Å². The minimum Gasteiger partial charge on any atom is -0.481 e. The number of Topliss-reactive ketones (excluding diaryl/α,β-unsaturated/α-hetero) is 1. The molecule has 4 heterocycles. The SMILES string of the molecule is C[Si]C(Cn1c(CN2CCC(c3cccc4c3O[C@H](c3ccc(C(=O)C5CC5)cc3F)C=C4)CC2)nc2ccc(C(=O)O)cc21)C1CCO1. The van der Waals surface area contributed by atoms with Crippen LogP contribution in [-0.2, 0) is 17.8 Å². The Labute approximate surface area is 287 Å². The molecule has 4 aromatic rings. The Kier molecular flexibility index (Phi) is 8.71. The topological polar surface area (TPSA) is 93.9 Å². The molecule has 1 saturated carbocycles. The van der Waals surface area contributed by atoms with E-state index in [4.69, 9.17) is 14.5 Å². The van der Waals surface area contributed by atoms with E-state index in [0.717, 1.165) is 92.1 Å². The van der Waals surface area contributed by atoms with Crippen LogP contribution in [0.15, 0.2) is 60.7 Å². The Balaban J connectivity index is 0.981. The molecule has 4 aliphatic rings. The number of hydrogen-bond acceptors (Lipinski definition) is 6. The number of ether oxygens (including phenoxy) is 2. The number of rotatable bonds is 11. The van der Waals surface area contributed by atoms with Gasteiger partial charge in [-0.2, -0.15) is 0 Å². The molecule has 0 spiro atoms. The van der Waals surface area contributed by atoms with Gasteiger partial charge in [0.2, 0.25) is 0 Å². The van der Waals surface area contributed by atoms with Gasteiger partial charge in [-0.25, -0.2) is 14.2 Å².